The Morgan fingerprint density at radius 2 is 2.11 bits per heavy atom. The van der Waals surface area contributed by atoms with Gasteiger partial charge in [-0.2, -0.15) is 0 Å². The van der Waals surface area contributed by atoms with Crippen molar-refractivity contribution in [3.8, 4) is 0 Å². The summed E-state index contributed by atoms with van der Waals surface area (Å²) in [6.07, 6.45) is 11.1. The van der Waals surface area contributed by atoms with E-state index >= 15 is 0 Å². The van der Waals surface area contributed by atoms with E-state index in [2.05, 4.69) is 25.2 Å². The molecule has 1 aromatic rings. The summed E-state index contributed by atoms with van der Waals surface area (Å²) >= 11 is 0. The first-order valence-corrected chi connectivity index (χ1v) is 7.58. The van der Waals surface area contributed by atoms with Crippen LogP contribution in [0.5, 0.6) is 0 Å². The van der Waals surface area contributed by atoms with Gasteiger partial charge in [0.1, 0.15) is 5.76 Å². The average Bonchev–Trinajstić information content (AvgIpc) is 2.90. The Morgan fingerprint density at radius 3 is 2.72 bits per heavy atom. The lowest BCUT2D eigenvalue weighted by Crippen LogP contribution is -2.42. The van der Waals surface area contributed by atoms with E-state index in [-0.39, 0.29) is 0 Å². The molecule has 1 heterocycles. The van der Waals surface area contributed by atoms with Gasteiger partial charge in [-0.25, -0.2) is 0 Å². The molecule has 0 aliphatic heterocycles. The van der Waals surface area contributed by atoms with Crippen molar-refractivity contribution < 1.29 is 4.42 Å². The second kappa shape index (κ2) is 6.98. The molecule has 2 heteroatoms. The van der Waals surface area contributed by atoms with E-state index in [1.54, 1.807) is 6.26 Å². The smallest absolute Gasteiger partial charge is 0.105 e. The second-order valence-electron chi connectivity index (χ2n) is 5.76. The first-order chi connectivity index (χ1) is 8.79. The van der Waals surface area contributed by atoms with E-state index in [1.807, 2.05) is 6.07 Å². The largest absolute Gasteiger partial charge is 0.469 e. The Morgan fingerprint density at radius 1 is 1.33 bits per heavy atom. The Kier molecular flexibility index (Phi) is 5.30. The van der Waals surface area contributed by atoms with Crippen LogP contribution < -0.4 is 5.32 Å². The summed E-state index contributed by atoms with van der Waals surface area (Å²) < 4.78 is 5.42. The van der Waals surface area contributed by atoms with Crippen LogP contribution in [0.1, 0.15) is 58.1 Å². The Labute approximate surface area is 111 Å². The van der Waals surface area contributed by atoms with Gasteiger partial charge in [0.25, 0.3) is 0 Å². The summed E-state index contributed by atoms with van der Waals surface area (Å²) in [4.78, 5) is 0. The monoisotopic (exact) mass is 249 g/mol. The molecule has 0 aromatic carbocycles. The fraction of sp³-hybridized carbons (Fsp3) is 0.750. The van der Waals surface area contributed by atoms with Crippen molar-refractivity contribution >= 4 is 0 Å². The molecule has 1 aliphatic carbocycles. The molecule has 2 nitrogen and oxygen atoms in total. The maximum absolute atomic E-state index is 5.42. The molecule has 2 unspecified atom stereocenters. The van der Waals surface area contributed by atoms with Crippen LogP contribution in [0, 0.1) is 5.92 Å². The molecule has 0 spiro atoms. The van der Waals surface area contributed by atoms with E-state index in [1.165, 1.54) is 38.5 Å². The molecule has 0 saturated heterocycles. The van der Waals surface area contributed by atoms with Crippen LogP contribution in [-0.4, -0.2) is 12.1 Å². The standard InChI is InChI=1S/C16H27NO/c1-3-16(14-8-5-4-6-9-14)17-13(2)12-15-10-7-11-18-15/h7,10-11,13-14,16-17H,3-6,8-9,12H2,1-2H3. The Balaban J connectivity index is 1.81. The van der Waals surface area contributed by atoms with Gasteiger partial charge in [-0.1, -0.05) is 26.2 Å². The Bertz CT molecular complexity index is 314. The molecular weight excluding hydrogens is 222 g/mol. The highest BCUT2D eigenvalue weighted by Gasteiger charge is 2.23. The van der Waals surface area contributed by atoms with Gasteiger partial charge >= 0.3 is 0 Å². The molecule has 102 valence electrons. The van der Waals surface area contributed by atoms with Crippen molar-refractivity contribution in [2.75, 3.05) is 0 Å². The van der Waals surface area contributed by atoms with Gasteiger partial charge in [-0.3, -0.25) is 0 Å². The molecule has 0 radical (unpaired) electrons. The number of rotatable bonds is 6. The van der Waals surface area contributed by atoms with Gasteiger partial charge in [0.15, 0.2) is 0 Å². The SMILES string of the molecule is CCC(NC(C)Cc1ccco1)C1CCCCC1. The molecule has 1 fully saturated rings. The van der Waals surface area contributed by atoms with Crippen LogP contribution in [0.25, 0.3) is 0 Å². The van der Waals surface area contributed by atoms with Crippen LogP contribution in [0.4, 0.5) is 0 Å². The van der Waals surface area contributed by atoms with Crippen molar-refractivity contribution in [3.63, 3.8) is 0 Å². The number of furan rings is 1. The zero-order valence-corrected chi connectivity index (χ0v) is 11.8. The summed E-state index contributed by atoms with van der Waals surface area (Å²) in [5, 5.41) is 3.81. The van der Waals surface area contributed by atoms with E-state index in [0.29, 0.717) is 12.1 Å². The molecular formula is C16H27NO. The highest BCUT2D eigenvalue weighted by Crippen LogP contribution is 2.28. The van der Waals surface area contributed by atoms with Crippen molar-refractivity contribution in [1.29, 1.82) is 0 Å². The molecule has 0 bridgehead atoms. The number of hydrogen-bond acceptors (Lipinski definition) is 2. The molecule has 0 amide bonds. The minimum absolute atomic E-state index is 0.503. The molecule has 1 aromatic heterocycles. The van der Waals surface area contributed by atoms with E-state index in [9.17, 15) is 0 Å². The maximum Gasteiger partial charge on any atom is 0.105 e. The zero-order chi connectivity index (χ0) is 12.8. The summed E-state index contributed by atoms with van der Waals surface area (Å²) in [5.41, 5.74) is 0. The third-order valence-electron chi connectivity index (χ3n) is 4.24. The summed E-state index contributed by atoms with van der Waals surface area (Å²) in [6, 6.07) is 5.23. The fourth-order valence-electron chi connectivity index (χ4n) is 3.28. The molecule has 18 heavy (non-hydrogen) atoms. The van der Waals surface area contributed by atoms with Crippen molar-refractivity contribution in [2.24, 2.45) is 5.92 Å². The second-order valence-corrected chi connectivity index (χ2v) is 5.76. The highest BCUT2D eigenvalue weighted by atomic mass is 16.3. The summed E-state index contributed by atoms with van der Waals surface area (Å²) in [5.74, 6) is 1.98. The zero-order valence-electron chi connectivity index (χ0n) is 11.8. The number of nitrogens with one attached hydrogen (secondary N) is 1. The maximum atomic E-state index is 5.42. The third-order valence-corrected chi connectivity index (χ3v) is 4.24. The number of hydrogen-bond donors (Lipinski definition) is 1. The van der Waals surface area contributed by atoms with Gasteiger partial charge < -0.3 is 9.73 Å². The lowest BCUT2D eigenvalue weighted by molar-refractivity contribution is 0.246. The third kappa shape index (κ3) is 3.88. The minimum Gasteiger partial charge on any atom is -0.469 e. The van der Waals surface area contributed by atoms with E-state index in [4.69, 9.17) is 4.42 Å². The first kappa shape index (κ1) is 13.7. The predicted molar refractivity (Wildman–Crippen MR) is 75.7 cm³/mol. The van der Waals surface area contributed by atoms with Crippen molar-refractivity contribution in [2.45, 2.75) is 70.9 Å². The van der Waals surface area contributed by atoms with Crippen molar-refractivity contribution in [1.82, 2.24) is 5.32 Å². The van der Waals surface area contributed by atoms with Gasteiger partial charge in [0, 0.05) is 18.5 Å². The van der Waals surface area contributed by atoms with Gasteiger partial charge in [-0.05, 0) is 44.2 Å². The van der Waals surface area contributed by atoms with Gasteiger partial charge in [0.2, 0.25) is 0 Å². The fourth-order valence-corrected chi connectivity index (χ4v) is 3.28. The topological polar surface area (TPSA) is 25.2 Å². The normalized spacial score (nSPS) is 20.8. The molecule has 2 rings (SSSR count). The van der Waals surface area contributed by atoms with Crippen LogP contribution in [0.15, 0.2) is 22.8 Å². The van der Waals surface area contributed by atoms with Crippen LogP contribution in [0.3, 0.4) is 0 Å². The van der Waals surface area contributed by atoms with E-state index in [0.717, 1.165) is 18.1 Å². The van der Waals surface area contributed by atoms with Crippen LogP contribution in [0.2, 0.25) is 0 Å². The highest BCUT2D eigenvalue weighted by molar-refractivity contribution is 5.00. The molecule has 1 saturated carbocycles. The molecule has 1 N–H and O–H groups in total. The molecule has 1 aliphatic rings. The quantitative estimate of drug-likeness (QED) is 0.819. The predicted octanol–water partition coefficient (Wildman–Crippen LogP) is 4.16. The molecule has 2 atom stereocenters. The van der Waals surface area contributed by atoms with Crippen molar-refractivity contribution in [3.05, 3.63) is 24.2 Å². The van der Waals surface area contributed by atoms with Gasteiger partial charge in [0.05, 0.1) is 6.26 Å². The Hall–Kier alpha value is -0.760. The van der Waals surface area contributed by atoms with Crippen LogP contribution >= 0.6 is 0 Å². The van der Waals surface area contributed by atoms with Crippen LogP contribution in [-0.2, 0) is 6.42 Å². The summed E-state index contributed by atoms with van der Waals surface area (Å²) in [7, 11) is 0. The lowest BCUT2D eigenvalue weighted by atomic mass is 9.82. The first-order valence-electron chi connectivity index (χ1n) is 7.58. The lowest BCUT2D eigenvalue weighted by Gasteiger charge is -2.32. The van der Waals surface area contributed by atoms with Gasteiger partial charge in [-0.15, -0.1) is 0 Å². The minimum atomic E-state index is 0.503. The average molecular weight is 249 g/mol. The van der Waals surface area contributed by atoms with E-state index < -0.39 is 0 Å². The summed E-state index contributed by atoms with van der Waals surface area (Å²) in [6.45, 7) is 4.58.